The summed E-state index contributed by atoms with van der Waals surface area (Å²) in [5.41, 5.74) is 0.728. The first-order chi connectivity index (χ1) is 13.8. The maximum absolute atomic E-state index is 12.8. The summed E-state index contributed by atoms with van der Waals surface area (Å²) < 4.78 is 49.8. The van der Waals surface area contributed by atoms with Crippen molar-refractivity contribution >= 4 is 16.8 Å². The van der Waals surface area contributed by atoms with Crippen molar-refractivity contribution in [2.75, 3.05) is 26.2 Å². The molecule has 2 aromatic rings. The molecule has 1 atom stereocenters. The van der Waals surface area contributed by atoms with Crippen LogP contribution in [0.25, 0.3) is 0 Å². The molecule has 0 spiro atoms. The van der Waals surface area contributed by atoms with Crippen LogP contribution >= 0.6 is 11.6 Å². The van der Waals surface area contributed by atoms with Gasteiger partial charge in [0.25, 0.3) is 0 Å². The Labute approximate surface area is 172 Å². The van der Waals surface area contributed by atoms with E-state index in [1.807, 2.05) is 12.1 Å². The highest BCUT2D eigenvalue weighted by atomic mass is 35.5. The quantitative estimate of drug-likeness (QED) is 0.594. The van der Waals surface area contributed by atoms with Crippen LogP contribution in [0.3, 0.4) is 0 Å². The molecule has 0 N–H and O–H groups in total. The van der Waals surface area contributed by atoms with Crippen molar-refractivity contribution in [3.63, 3.8) is 0 Å². The van der Waals surface area contributed by atoms with Crippen LogP contribution in [0.2, 0.25) is 0 Å². The number of hydrogen-bond donors (Lipinski definition) is 0. The zero-order valence-corrected chi connectivity index (χ0v) is 16.4. The molecular formula is C21H21ClF3NO3. The smallest absolute Gasteiger partial charge is 0.416 e. The second-order valence-corrected chi connectivity index (χ2v) is 7.24. The third-order valence-corrected chi connectivity index (χ3v) is 4.88. The van der Waals surface area contributed by atoms with Gasteiger partial charge in [0, 0.05) is 26.1 Å². The number of ether oxygens (including phenoxy) is 2. The highest BCUT2D eigenvalue weighted by molar-refractivity contribution is 6.63. The summed E-state index contributed by atoms with van der Waals surface area (Å²) >= 11 is 5.41. The molecule has 1 unspecified atom stereocenters. The molecule has 1 fully saturated rings. The third kappa shape index (κ3) is 6.45. The number of carbonyl (C=O) groups excluding carboxylic acids is 1. The third-order valence-electron chi connectivity index (χ3n) is 4.69. The van der Waals surface area contributed by atoms with E-state index in [1.165, 1.54) is 6.07 Å². The molecule has 4 nitrogen and oxygen atoms in total. The van der Waals surface area contributed by atoms with Gasteiger partial charge in [0.2, 0.25) is 5.24 Å². The van der Waals surface area contributed by atoms with E-state index in [4.69, 9.17) is 21.1 Å². The number of alkyl halides is 3. The molecule has 1 aliphatic rings. The Bertz CT molecular complexity index is 827. The molecule has 156 valence electrons. The van der Waals surface area contributed by atoms with Crippen LogP contribution in [-0.4, -0.2) is 36.4 Å². The zero-order chi connectivity index (χ0) is 20.9. The molecule has 1 aliphatic heterocycles. The first kappa shape index (κ1) is 21.6. The van der Waals surface area contributed by atoms with Gasteiger partial charge in [0.1, 0.15) is 12.4 Å². The van der Waals surface area contributed by atoms with E-state index in [-0.39, 0.29) is 18.0 Å². The van der Waals surface area contributed by atoms with Crippen LogP contribution in [0.4, 0.5) is 13.2 Å². The van der Waals surface area contributed by atoms with E-state index in [9.17, 15) is 18.0 Å². The van der Waals surface area contributed by atoms with Crippen LogP contribution in [0.5, 0.6) is 5.75 Å². The second-order valence-electron chi connectivity index (χ2n) is 6.82. The van der Waals surface area contributed by atoms with E-state index in [1.54, 1.807) is 18.2 Å². The lowest BCUT2D eigenvalue weighted by atomic mass is 10.1. The summed E-state index contributed by atoms with van der Waals surface area (Å²) in [4.78, 5) is 13.1. The van der Waals surface area contributed by atoms with E-state index in [0.717, 1.165) is 24.2 Å². The van der Waals surface area contributed by atoms with Gasteiger partial charge in [-0.15, -0.1) is 0 Å². The Kier molecular flexibility index (Phi) is 7.16. The minimum Gasteiger partial charge on any atom is -0.489 e. The summed E-state index contributed by atoms with van der Waals surface area (Å²) in [5.74, 6) is 0.562. The molecule has 0 bridgehead atoms. The second kappa shape index (κ2) is 9.61. The Morgan fingerprint density at radius 1 is 1.21 bits per heavy atom. The van der Waals surface area contributed by atoms with Crippen molar-refractivity contribution in [1.82, 2.24) is 4.90 Å². The fraction of sp³-hybridized carbons (Fsp3) is 0.381. The first-order valence-corrected chi connectivity index (χ1v) is 9.60. The number of morpholine rings is 1. The summed E-state index contributed by atoms with van der Waals surface area (Å²) in [6, 6.07) is 12.4. The van der Waals surface area contributed by atoms with Crippen molar-refractivity contribution < 1.29 is 27.4 Å². The van der Waals surface area contributed by atoms with Crippen molar-refractivity contribution in [3.05, 3.63) is 65.2 Å². The predicted octanol–water partition coefficient (Wildman–Crippen LogP) is 4.81. The van der Waals surface area contributed by atoms with Crippen LogP contribution in [0.1, 0.15) is 29.2 Å². The van der Waals surface area contributed by atoms with Gasteiger partial charge in [-0.2, -0.15) is 13.2 Å². The number of rotatable bonds is 7. The van der Waals surface area contributed by atoms with Crippen LogP contribution in [0, 0.1) is 0 Å². The number of benzene rings is 2. The first-order valence-electron chi connectivity index (χ1n) is 9.22. The zero-order valence-electron chi connectivity index (χ0n) is 15.6. The molecule has 0 aliphatic carbocycles. The molecular weight excluding hydrogens is 407 g/mol. The lowest BCUT2D eigenvalue weighted by Crippen LogP contribution is -2.39. The van der Waals surface area contributed by atoms with Gasteiger partial charge in [-0.1, -0.05) is 24.3 Å². The molecule has 0 saturated carbocycles. The average Bonchev–Trinajstić information content (AvgIpc) is 2.71. The van der Waals surface area contributed by atoms with Gasteiger partial charge in [-0.25, -0.2) is 0 Å². The minimum atomic E-state index is -4.37. The monoisotopic (exact) mass is 427 g/mol. The van der Waals surface area contributed by atoms with Crippen molar-refractivity contribution in [3.8, 4) is 5.75 Å². The van der Waals surface area contributed by atoms with Crippen LogP contribution < -0.4 is 4.74 Å². The van der Waals surface area contributed by atoms with Crippen molar-refractivity contribution in [2.45, 2.75) is 25.3 Å². The molecule has 0 amide bonds. The highest BCUT2D eigenvalue weighted by Crippen LogP contribution is 2.30. The molecule has 0 radical (unpaired) electrons. The van der Waals surface area contributed by atoms with Gasteiger partial charge in [-0.3, -0.25) is 9.69 Å². The predicted molar refractivity (Wildman–Crippen MR) is 103 cm³/mol. The standard InChI is InChI=1S/C21H21ClF3NO3/c22-20(27)8-9-26-10-11-28-19(13-26)16-4-6-18(7-5-16)29-14-15-2-1-3-17(12-15)21(23,24)25/h1-7,12,19H,8-11,13-14H2. The van der Waals surface area contributed by atoms with Crippen LogP contribution in [-0.2, 0) is 22.3 Å². The lowest BCUT2D eigenvalue weighted by molar-refractivity contribution is -0.137. The number of nitrogens with zero attached hydrogens (tertiary/aromatic N) is 1. The Balaban J connectivity index is 1.56. The van der Waals surface area contributed by atoms with Gasteiger partial charge in [0.05, 0.1) is 18.3 Å². The van der Waals surface area contributed by atoms with Crippen molar-refractivity contribution in [1.29, 1.82) is 0 Å². The van der Waals surface area contributed by atoms with E-state index >= 15 is 0 Å². The van der Waals surface area contributed by atoms with E-state index in [0.29, 0.717) is 37.4 Å². The Morgan fingerprint density at radius 3 is 2.66 bits per heavy atom. The molecule has 1 saturated heterocycles. The normalized spacial score (nSPS) is 17.9. The van der Waals surface area contributed by atoms with Gasteiger partial charge in [0.15, 0.2) is 0 Å². The molecule has 2 aromatic carbocycles. The van der Waals surface area contributed by atoms with Crippen molar-refractivity contribution in [2.24, 2.45) is 0 Å². The molecule has 29 heavy (non-hydrogen) atoms. The summed E-state index contributed by atoms with van der Waals surface area (Å²) in [6.45, 7) is 2.62. The Morgan fingerprint density at radius 2 is 1.97 bits per heavy atom. The maximum Gasteiger partial charge on any atom is 0.416 e. The number of halogens is 4. The fourth-order valence-electron chi connectivity index (χ4n) is 3.14. The molecule has 3 rings (SSSR count). The number of hydrogen-bond acceptors (Lipinski definition) is 4. The summed E-state index contributed by atoms with van der Waals surface area (Å²) in [6.07, 6.45) is -4.19. The molecule has 0 aromatic heterocycles. The number of carbonyl (C=O) groups is 1. The maximum atomic E-state index is 12.8. The highest BCUT2D eigenvalue weighted by Gasteiger charge is 2.30. The van der Waals surface area contributed by atoms with E-state index < -0.39 is 11.7 Å². The topological polar surface area (TPSA) is 38.8 Å². The van der Waals surface area contributed by atoms with Gasteiger partial charge < -0.3 is 9.47 Å². The Hall–Kier alpha value is -2.09. The van der Waals surface area contributed by atoms with E-state index in [2.05, 4.69) is 4.90 Å². The SMILES string of the molecule is O=C(Cl)CCN1CCOC(c2ccc(OCc3cccc(C(F)(F)F)c3)cc2)C1. The lowest BCUT2D eigenvalue weighted by Gasteiger charge is -2.32. The average molecular weight is 428 g/mol. The largest absolute Gasteiger partial charge is 0.489 e. The van der Waals surface area contributed by atoms with Crippen LogP contribution in [0.15, 0.2) is 48.5 Å². The summed E-state index contributed by atoms with van der Waals surface area (Å²) in [7, 11) is 0. The summed E-state index contributed by atoms with van der Waals surface area (Å²) in [5, 5.41) is -0.352. The van der Waals surface area contributed by atoms with Gasteiger partial charge in [-0.05, 0) is 47.0 Å². The molecule has 8 heteroatoms. The molecule has 1 heterocycles. The fourth-order valence-corrected chi connectivity index (χ4v) is 3.22. The minimum absolute atomic E-state index is 0.0451. The van der Waals surface area contributed by atoms with Gasteiger partial charge >= 0.3 is 6.18 Å².